The molecule has 2 nitrogen and oxygen atoms in total. The maximum atomic E-state index is 10.5. The van der Waals surface area contributed by atoms with Gasteiger partial charge in [-0.15, -0.1) is 0 Å². The molecule has 0 saturated carbocycles. The van der Waals surface area contributed by atoms with E-state index in [9.17, 15) is 5.11 Å². The average molecular weight is 436 g/mol. The van der Waals surface area contributed by atoms with Crippen LogP contribution in [0.25, 0.3) is 0 Å². The fraction of sp³-hybridized carbons (Fsp3) is 0.222. The number of rotatable bonds is 1. The molecule has 0 bridgehead atoms. The molecule has 3 atom stereocenters. The Labute approximate surface area is 170 Å². The zero-order valence-electron chi connectivity index (χ0n) is 12.7. The molecule has 0 saturated heterocycles. The molecule has 3 unspecified atom stereocenters. The number of hydrogen-bond donors (Lipinski definition) is 2. The highest BCUT2D eigenvalue weighted by molar-refractivity contribution is 6.44. The third kappa shape index (κ3) is 2.79. The minimum absolute atomic E-state index is 0.0221. The summed E-state index contributed by atoms with van der Waals surface area (Å²) < 4.78 is 0. The summed E-state index contributed by atoms with van der Waals surface area (Å²) in [6.07, 6.45) is 5.04. The molecular formula is C18H12Cl5NO. The standard InChI is InChI=1S/C18H12Cl5NO/c19-7-4-10(18(25)13(22)5-7)16-9-3-1-2-8(9)14-15(23)11(20)6-12(21)17(14)24-16/h1-2,4-6,8-9,16,24-25H,3H2. The van der Waals surface area contributed by atoms with Gasteiger partial charge in [0, 0.05) is 22.1 Å². The van der Waals surface area contributed by atoms with E-state index in [0.717, 1.165) is 17.7 Å². The normalized spacial score (nSPS) is 24.0. The van der Waals surface area contributed by atoms with Gasteiger partial charge in [0.1, 0.15) is 5.75 Å². The van der Waals surface area contributed by atoms with Crippen LogP contribution in [0.5, 0.6) is 5.75 Å². The number of phenolic OH excluding ortho intramolecular Hbond substituents is 1. The number of benzene rings is 2. The molecule has 0 aromatic heterocycles. The molecule has 0 amide bonds. The van der Waals surface area contributed by atoms with Crippen molar-refractivity contribution in [2.24, 2.45) is 5.92 Å². The molecule has 0 fully saturated rings. The first-order chi connectivity index (χ1) is 11.9. The Balaban J connectivity index is 1.91. The van der Waals surface area contributed by atoms with Crippen LogP contribution in [-0.4, -0.2) is 5.11 Å². The maximum Gasteiger partial charge on any atom is 0.139 e. The van der Waals surface area contributed by atoms with Gasteiger partial charge >= 0.3 is 0 Å². The highest BCUT2D eigenvalue weighted by atomic mass is 35.5. The molecule has 2 N–H and O–H groups in total. The predicted octanol–water partition coefficient (Wildman–Crippen LogP) is 7.49. The molecule has 1 aliphatic carbocycles. The SMILES string of the molecule is Oc1c(Cl)cc(Cl)cc1C1Nc2c(Cl)cc(Cl)c(Cl)c2C2C=CCC21. The minimum Gasteiger partial charge on any atom is -0.506 e. The van der Waals surface area contributed by atoms with Crippen molar-refractivity contribution in [3.8, 4) is 5.75 Å². The molecule has 2 aromatic rings. The van der Waals surface area contributed by atoms with E-state index in [-0.39, 0.29) is 28.6 Å². The summed E-state index contributed by atoms with van der Waals surface area (Å²) in [6, 6.07) is 4.66. The minimum atomic E-state index is -0.210. The Bertz CT molecular complexity index is 911. The van der Waals surface area contributed by atoms with E-state index in [1.807, 2.05) is 0 Å². The predicted molar refractivity (Wildman–Crippen MR) is 106 cm³/mol. The quantitative estimate of drug-likeness (QED) is 0.359. The van der Waals surface area contributed by atoms with E-state index in [1.54, 1.807) is 12.1 Å². The van der Waals surface area contributed by atoms with Crippen LogP contribution in [0.15, 0.2) is 30.4 Å². The Hall–Kier alpha value is -0.770. The monoisotopic (exact) mass is 433 g/mol. The van der Waals surface area contributed by atoms with Crippen LogP contribution in [0.3, 0.4) is 0 Å². The first-order valence-corrected chi connectivity index (χ1v) is 9.56. The van der Waals surface area contributed by atoms with Gasteiger partial charge in [-0.05, 0) is 30.5 Å². The second-order valence-electron chi connectivity index (χ2n) is 6.24. The van der Waals surface area contributed by atoms with Gasteiger partial charge in [0.05, 0.1) is 31.8 Å². The van der Waals surface area contributed by atoms with E-state index in [0.29, 0.717) is 25.7 Å². The van der Waals surface area contributed by atoms with Crippen molar-refractivity contribution < 1.29 is 5.11 Å². The van der Waals surface area contributed by atoms with E-state index in [1.165, 1.54) is 6.07 Å². The van der Waals surface area contributed by atoms with Gasteiger partial charge in [-0.25, -0.2) is 0 Å². The van der Waals surface area contributed by atoms with Crippen molar-refractivity contribution in [3.05, 3.63) is 66.6 Å². The first-order valence-electron chi connectivity index (χ1n) is 7.67. The number of hydrogen-bond acceptors (Lipinski definition) is 2. The van der Waals surface area contributed by atoms with Gasteiger partial charge in [-0.3, -0.25) is 0 Å². The fourth-order valence-corrected chi connectivity index (χ4v) is 5.11. The summed E-state index contributed by atoms with van der Waals surface area (Å²) in [6.45, 7) is 0. The van der Waals surface area contributed by atoms with E-state index >= 15 is 0 Å². The number of halogens is 5. The molecule has 130 valence electrons. The third-order valence-corrected chi connectivity index (χ3v) is 6.48. The summed E-state index contributed by atoms with van der Waals surface area (Å²) in [5.74, 6) is 0.205. The Morgan fingerprint density at radius 1 is 0.960 bits per heavy atom. The lowest BCUT2D eigenvalue weighted by molar-refractivity contribution is 0.402. The van der Waals surface area contributed by atoms with Crippen molar-refractivity contribution >= 4 is 63.7 Å². The topological polar surface area (TPSA) is 32.3 Å². The molecule has 2 aromatic carbocycles. The van der Waals surface area contributed by atoms with Crippen molar-refractivity contribution in [1.82, 2.24) is 0 Å². The molecule has 1 heterocycles. The van der Waals surface area contributed by atoms with Crippen LogP contribution in [-0.2, 0) is 0 Å². The molecule has 2 aliphatic rings. The zero-order chi connectivity index (χ0) is 17.9. The average Bonchev–Trinajstić information content (AvgIpc) is 3.04. The molecule has 0 spiro atoms. The summed E-state index contributed by atoms with van der Waals surface area (Å²) in [7, 11) is 0. The Morgan fingerprint density at radius 3 is 2.48 bits per heavy atom. The third-order valence-electron chi connectivity index (χ3n) is 4.87. The maximum absolute atomic E-state index is 10.5. The van der Waals surface area contributed by atoms with Crippen LogP contribution in [0.2, 0.25) is 25.1 Å². The van der Waals surface area contributed by atoms with Crippen molar-refractivity contribution in [2.45, 2.75) is 18.4 Å². The number of nitrogens with one attached hydrogen (secondary N) is 1. The van der Waals surface area contributed by atoms with Crippen molar-refractivity contribution in [2.75, 3.05) is 5.32 Å². The molecule has 7 heteroatoms. The molecule has 4 rings (SSSR count). The van der Waals surface area contributed by atoms with E-state index in [4.69, 9.17) is 58.0 Å². The highest BCUT2D eigenvalue weighted by Crippen LogP contribution is 2.56. The van der Waals surface area contributed by atoms with E-state index in [2.05, 4.69) is 17.5 Å². The van der Waals surface area contributed by atoms with Gasteiger partial charge in [0.2, 0.25) is 0 Å². The lowest BCUT2D eigenvalue weighted by Crippen LogP contribution is -2.29. The molecular weight excluding hydrogens is 423 g/mol. The highest BCUT2D eigenvalue weighted by Gasteiger charge is 2.41. The van der Waals surface area contributed by atoms with Gasteiger partial charge in [-0.2, -0.15) is 0 Å². The Morgan fingerprint density at radius 2 is 1.72 bits per heavy atom. The van der Waals surface area contributed by atoms with Crippen LogP contribution < -0.4 is 5.32 Å². The number of aromatic hydroxyl groups is 1. The molecule has 0 radical (unpaired) electrons. The van der Waals surface area contributed by atoms with Gasteiger partial charge in [0.25, 0.3) is 0 Å². The lowest BCUT2D eigenvalue weighted by Gasteiger charge is -2.39. The summed E-state index contributed by atoms with van der Waals surface area (Å²) >= 11 is 31.4. The summed E-state index contributed by atoms with van der Waals surface area (Å²) in [5.41, 5.74) is 2.26. The van der Waals surface area contributed by atoms with Gasteiger partial charge < -0.3 is 10.4 Å². The molecule has 1 aliphatic heterocycles. The number of fused-ring (bicyclic) bond motifs is 3. The summed E-state index contributed by atoms with van der Waals surface area (Å²) in [4.78, 5) is 0. The molecule has 25 heavy (non-hydrogen) atoms. The van der Waals surface area contributed by atoms with Crippen molar-refractivity contribution in [1.29, 1.82) is 0 Å². The van der Waals surface area contributed by atoms with Crippen LogP contribution in [0.4, 0.5) is 5.69 Å². The summed E-state index contributed by atoms with van der Waals surface area (Å²) in [5, 5.41) is 16.0. The lowest BCUT2D eigenvalue weighted by atomic mass is 9.76. The largest absolute Gasteiger partial charge is 0.506 e. The number of anilines is 1. The van der Waals surface area contributed by atoms with Crippen molar-refractivity contribution in [3.63, 3.8) is 0 Å². The zero-order valence-corrected chi connectivity index (χ0v) is 16.4. The van der Waals surface area contributed by atoms with Crippen LogP contribution >= 0.6 is 58.0 Å². The fourth-order valence-electron chi connectivity index (χ4n) is 3.79. The van der Waals surface area contributed by atoms with Crippen LogP contribution in [0.1, 0.15) is 29.5 Å². The first kappa shape index (κ1) is 17.6. The van der Waals surface area contributed by atoms with E-state index < -0.39 is 0 Å². The number of phenols is 1. The van der Waals surface area contributed by atoms with Gasteiger partial charge in [-0.1, -0.05) is 70.2 Å². The second kappa shape index (κ2) is 6.44. The van der Waals surface area contributed by atoms with Gasteiger partial charge in [0.15, 0.2) is 0 Å². The Kier molecular flexibility index (Phi) is 4.54. The smallest absolute Gasteiger partial charge is 0.139 e. The number of allylic oxidation sites excluding steroid dienone is 2. The van der Waals surface area contributed by atoms with Crippen LogP contribution in [0, 0.1) is 5.92 Å². The second-order valence-corrected chi connectivity index (χ2v) is 8.28.